The van der Waals surface area contributed by atoms with Gasteiger partial charge in [0.25, 0.3) is 11.7 Å². The zero-order valence-corrected chi connectivity index (χ0v) is 19.5. The SMILES string of the molecule is CC(C)c1ccc2c(c1)OC1(O)c3cccc(N)c3C(=O)C21NC(=O)C(=O)CCc1ccccc1. The molecule has 7 heteroatoms. The first-order valence-corrected chi connectivity index (χ1v) is 11.6. The second-order valence-corrected chi connectivity index (χ2v) is 9.37. The number of fused-ring (bicyclic) bond motifs is 5. The highest BCUT2D eigenvalue weighted by Crippen LogP contribution is 2.59. The molecule has 35 heavy (non-hydrogen) atoms. The van der Waals surface area contributed by atoms with Crippen molar-refractivity contribution in [3.05, 3.63) is 94.5 Å². The Morgan fingerprint density at radius 1 is 1.03 bits per heavy atom. The number of nitrogens with one attached hydrogen (secondary N) is 1. The van der Waals surface area contributed by atoms with Gasteiger partial charge in [-0.25, -0.2) is 0 Å². The fourth-order valence-electron chi connectivity index (χ4n) is 5.00. The summed E-state index contributed by atoms with van der Waals surface area (Å²) in [5.74, 6) is -4.09. The molecule has 1 amide bonds. The normalized spacial score (nSPS) is 21.8. The number of rotatable bonds is 6. The predicted molar refractivity (Wildman–Crippen MR) is 130 cm³/mol. The molecule has 0 saturated heterocycles. The van der Waals surface area contributed by atoms with Gasteiger partial charge in [0.1, 0.15) is 5.75 Å². The van der Waals surface area contributed by atoms with Crippen molar-refractivity contribution in [1.29, 1.82) is 0 Å². The third-order valence-electron chi connectivity index (χ3n) is 6.91. The predicted octanol–water partition coefficient (Wildman–Crippen LogP) is 3.34. The van der Waals surface area contributed by atoms with Crippen molar-refractivity contribution in [3.63, 3.8) is 0 Å². The number of nitrogens with two attached hydrogens (primary N) is 1. The number of benzene rings is 3. The largest absolute Gasteiger partial charge is 0.454 e. The van der Waals surface area contributed by atoms with E-state index in [9.17, 15) is 19.5 Å². The van der Waals surface area contributed by atoms with Crippen LogP contribution in [0.15, 0.2) is 66.7 Å². The van der Waals surface area contributed by atoms with E-state index in [1.54, 1.807) is 30.3 Å². The highest BCUT2D eigenvalue weighted by atomic mass is 16.6. The van der Waals surface area contributed by atoms with Gasteiger partial charge in [-0.05, 0) is 35.6 Å². The molecule has 0 bridgehead atoms. The van der Waals surface area contributed by atoms with E-state index in [1.165, 1.54) is 0 Å². The molecular formula is C28H26N2O5. The standard InChI is InChI=1S/C28H26N2O5/c1-16(2)18-12-13-19-23(15-18)35-28(34)20-9-6-10-21(29)24(20)25(32)27(19,28)30-26(33)22(31)14-11-17-7-4-3-5-8-17/h3-10,12-13,15-16,34H,11,14,29H2,1-2H3,(H,30,33). The summed E-state index contributed by atoms with van der Waals surface area (Å²) in [6.07, 6.45) is 0.323. The van der Waals surface area contributed by atoms with Crippen molar-refractivity contribution in [2.45, 2.75) is 43.9 Å². The Balaban J connectivity index is 1.56. The molecule has 0 fully saturated rings. The first-order chi connectivity index (χ1) is 16.7. The first-order valence-electron chi connectivity index (χ1n) is 11.6. The molecule has 4 N–H and O–H groups in total. The van der Waals surface area contributed by atoms with Crippen LogP contribution in [0.25, 0.3) is 0 Å². The van der Waals surface area contributed by atoms with E-state index in [4.69, 9.17) is 10.5 Å². The van der Waals surface area contributed by atoms with Crippen molar-refractivity contribution in [1.82, 2.24) is 5.32 Å². The number of hydrogen-bond acceptors (Lipinski definition) is 6. The highest BCUT2D eigenvalue weighted by molar-refractivity contribution is 6.37. The number of ether oxygens (including phenoxy) is 1. The molecule has 1 heterocycles. The maximum Gasteiger partial charge on any atom is 0.288 e. The summed E-state index contributed by atoms with van der Waals surface area (Å²) in [5, 5.41) is 14.5. The van der Waals surface area contributed by atoms with Crippen LogP contribution >= 0.6 is 0 Å². The average molecular weight is 471 g/mol. The Kier molecular flexibility index (Phi) is 5.25. The maximum atomic E-state index is 13.9. The van der Waals surface area contributed by atoms with Crippen LogP contribution in [0.4, 0.5) is 5.69 Å². The van der Waals surface area contributed by atoms with Crippen molar-refractivity contribution < 1.29 is 24.2 Å². The molecule has 2 aliphatic rings. The number of hydrogen-bond donors (Lipinski definition) is 3. The molecule has 3 aromatic rings. The minimum absolute atomic E-state index is 0.0480. The molecule has 0 saturated carbocycles. The van der Waals surface area contributed by atoms with E-state index in [1.807, 2.05) is 50.2 Å². The fourth-order valence-corrected chi connectivity index (χ4v) is 5.00. The lowest BCUT2D eigenvalue weighted by molar-refractivity contribution is -0.176. The lowest BCUT2D eigenvalue weighted by Crippen LogP contribution is -2.61. The van der Waals surface area contributed by atoms with Gasteiger partial charge >= 0.3 is 0 Å². The summed E-state index contributed by atoms with van der Waals surface area (Å²) < 4.78 is 6.03. The molecule has 7 nitrogen and oxygen atoms in total. The van der Waals surface area contributed by atoms with E-state index in [-0.39, 0.29) is 40.5 Å². The van der Waals surface area contributed by atoms with E-state index < -0.39 is 28.8 Å². The van der Waals surface area contributed by atoms with Crippen molar-refractivity contribution >= 4 is 23.2 Å². The van der Waals surface area contributed by atoms with Gasteiger partial charge in [0.15, 0.2) is 0 Å². The quantitative estimate of drug-likeness (QED) is 0.376. The average Bonchev–Trinajstić information content (AvgIpc) is 3.20. The van der Waals surface area contributed by atoms with Gasteiger partial charge in [0.2, 0.25) is 17.1 Å². The zero-order chi connectivity index (χ0) is 25.0. The van der Waals surface area contributed by atoms with Crippen LogP contribution in [0.3, 0.4) is 0 Å². The number of anilines is 1. The van der Waals surface area contributed by atoms with E-state index in [0.717, 1.165) is 11.1 Å². The van der Waals surface area contributed by atoms with Gasteiger partial charge in [-0.3, -0.25) is 14.4 Å². The summed E-state index contributed by atoms with van der Waals surface area (Å²) in [6, 6.07) is 19.3. The number of nitrogen functional groups attached to an aromatic ring is 1. The van der Waals surface area contributed by atoms with Crippen LogP contribution in [-0.2, 0) is 27.3 Å². The molecular weight excluding hydrogens is 444 g/mol. The van der Waals surface area contributed by atoms with Gasteiger partial charge < -0.3 is 20.9 Å². The number of Topliss-reactive ketones (excluding diaryl/α,β-unsaturated/α-hetero) is 2. The highest BCUT2D eigenvalue weighted by Gasteiger charge is 2.72. The van der Waals surface area contributed by atoms with Gasteiger partial charge in [0.05, 0.1) is 5.56 Å². The topological polar surface area (TPSA) is 119 Å². The number of aliphatic hydroxyl groups is 1. The number of amides is 1. The summed E-state index contributed by atoms with van der Waals surface area (Å²) in [4.78, 5) is 39.9. The van der Waals surface area contributed by atoms with E-state index >= 15 is 0 Å². The van der Waals surface area contributed by atoms with Crippen LogP contribution in [-0.4, -0.2) is 22.6 Å². The monoisotopic (exact) mass is 470 g/mol. The van der Waals surface area contributed by atoms with E-state index in [2.05, 4.69) is 5.32 Å². The van der Waals surface area contributed by atoms with Crippen LogP contribution in [0.1, 0.15) is 58.8 Å². The third-order valence-corrected chi connectivity index (χ3v) is 6.91. The Morgan fingerprint density at radius 3 is 2.49 bits per heavy atom. The van der Waals surface area contributed by atoms with Crippen LogP contribution in [0.2, 0.25) is 0 Å². The molecule has 3 aromatic carbocycles. The fraction of sp³-hybridized carbons (Fsp3) is 0.250. The maximum absolute atomic E-state index is 13.9. The number of ketones is 2. The van der Waals surface area contributed by atoms with Crippen LogP contribution in [0, 0.1) is 0 Å². The third kappa shape index (κ3) is 3.26. The van der Waals surface area contributed by atoms with Gasteiger partial charge in [0, 0.05) is 23.2 Å². The summed E-state index contributed by atoms with van der Waals surface area (Å²) >= 11 is 0. The van der Waals surface area contributed by atoms with Crippen LogP contribution < -0.4 is 15.8 Å². The van der Waals surface area contributed by atoms with Gasteiger partial charge in [-0.15, -0.1) is 0 Å². The number of carbonyl (C=O) groups excluding carboxylic acids is 3. The van der Waals surface area contributed by atoms with Gasteiger partial charge in [-0.1, -0.05) is 68.4 Å². The molecule has 0 radical (unpaired) electrons. The summed E-state index contributed by atoms with van der Waals surface area (Å²) in [7, 11) is 0. The van der Waals surface area contributed by atoms with Crippen molar-refractivity contribution in [2.24, 2.45) is 0 Å². The molecule has 5 rings (SSSR count). The molecule has 178 valence electrons. The lowest BCUT2D eigenvalue weighted by Gasteiger charge is -2.34. The zero-order valence-electron chi connectivity index (χ0n) is 19.5. The van der Waals surface area contributed by atoms with Crippen molar-refractivity contribution in [3.8, 4) is 5.75 Å². The Morgan fingerprint density at radius 2 is 1.77 bits per heavy atom. The molecule has 0 spiro atoms. The number of carbonyl (C=O) groups is 3. The molecule has 1 aliphatic heterocycles. The summed E-state index contributed by atoms with van der Waals surface area (Å²) in [5.41, 5.74) is 6.59. The Labute approximate surface area is 202 Å². The summed E-state index contributed by atoms with van der Waals surface area (Å²) in [6.45, 7) is 4.02. The van der Waals surface area contributed by atoms with Crippen LogP contribution in [0.5, 0.6) is 5.75 Å². The minimum atomic E-state index is -2.25. The second kappa shape index (κ2) is 8.06. The number of aryl methyl sites for hydroxylation is 1. The van der Waals surface area contributed by atoms with E-state index in [0.29, 0.717) is 6.42 Å². The molecule has 2 unspecified atom stereocenters. The Hall–Kier alpha value is -3.97. The molecule has 2 atom stereocenters. The molecule has 1 aliphatic carbocycles. The van der Waals surface area contributed by atoms with Gasteiger partial charge in [-0.2, -0.15) is 0 Å². The second-order valence-electron chi connectivity index (χ2n) is 9.37. The smallest absolute Gasteiger partial charge is 0.288 e. The van der Waals surface area contributed by atoms with Crippen molar-refractivity contribution in [2.75, 3.05) is 5.73 Å². The lowest BCUT2D eigenvalue weighted by atomic mass is 9.82. The Bertz CT molecular complexity index is 1370. The minimum Gasteiger partial charge on any atom is -0.454 e. The molecule has 0 aromatic heterocycles. The first kappa shape index (κ1) is 22.8.